The molecule has 10 heteroatoms. The predicted molar refractivity (Wildman–Crippen MR) is 121 cm³/mol. The van der Waals surface area contributed by atoms with Crippen LogP contribution in [0.4, 0.5) is 5.69 Å². The van der Waals surface area contributed by atoms with Crippen molar-refractivity contribution in [2.24, 2.45) is 0 Å². The molecule has 33 heavy (non-hydrogen) atoms. The normalized spacial score (nSPS) is 25.2. The van der Waals surface area contributed by atoms with E-state index in [1.807, 2.05) is 13.8 Å². The van der Waals surface area contributed by atoms with E-state index in [9.17, 15) is 18.0 Å². The first-order valence-electron chi connectivity index (χ1n) is 11.6. The van der Waals surface area contributed by atoms with E-state index in [0.717, 1.165) is 25.7 Å². The number of ketones is 1. The van der Waals surface area contributed by atoms with E-state index in [1.165, 1.54) is 21.3 Å². The number of ether oxygens (including phenoxy) is 3. The van der Waals surface area contributed by atoms with E-state index >= 15 is 0 Å². The second-order valence-electron chi connectivity index (χ2n) is 8.79. The lowest BCUT2D eigenvalue weighted by Gasteiger charge is -2.25. The third-order valence-corrected chi connectivity index (χ3v) is 8.85. The van der Waals surface area contributed by atoms with E-state index in [4.69, 9.17) is 14.2 Å². The van der Waals surface area contributed by atoms with Gasteiger partial charge in [-0.2, -0.15) is 4.31 Å². The molecule has 9 nitrogen and oxygen atoms in total. The fourth-order valence-electron chi connectivity index (χ4n) is 4.93. The monoisotopic (exact) mass is 480 g/mol. The summed E-state index contributed by atoms with van der Waals surface area (Å²) in [5.41, 5.74) is 0.568. The maximum atomic E-state index is 13.2. The van der Waals surface area contributed by atoms with Crippen LogP contribution < -0.4 is 4.90 Å². The van der Waals surface area contributed by atoms with Crippen LogP contribution in [0.25, 0.3) is 0 Å². The molecule has 2 fully saturated rings. The molecule has 3 heterocycles. The zero-order valence-electron chi connectivity index (χ0n) is 19.4. The standard InChI is InChI=1S/C23H32N2O7S/c1-4-23(5-2)31-15-17(32-23)10-12-24-20-9-8-18(13-19(20)21(26)22(24)27)33(28,29)25-11-6-7-16(25)14-30-3/h8-9,13,16-17H,4-7,10-12,14-15H2,1-3H3/t16-,17+/m0/s1. The van der Waals surface area contributed by atoms with Gasteiger partial charge in [-0.3, -0.25) is 9.59 Å². The molecule has 0 bridgehead atoms. The number of sulfonamides is 1. The number of carbonyl (C=O) groups excluding carboxylic acids is 2. The average molecular weight is 481 g/mol. The number of benzene rings is 1. The number of hydrogen-bond acceptors (Lipinski definition) is 7. The molecule has 0 aromatic heterocycles. The number of Topliss-reactive ketones (excluding diaryl/α,β-unsaturated/α-hetero) is 1. The molecule has 0 radical (unpaired) electrons. The third kappa shape index (κ3) is 4.35. The lowest BCUT2D eigenvalue weighted by atomic mass is 10.1. The Hall–Kier alpha value is -1.85. The van der Waals surface area contributed by atoms with Crippen LogP contribution in [-0.2, 0) is 29.0 Å². The van der Waals surface area contributed by atoms with Gasteiger partial charge in [-0.15, -0.1) is 0 Å². The molecule has 1 aromatic rings. The molecule has 0 N–H and O–H groups in total. The Morgan fingerprint density at radius 1 is 1.21 bits per heavy atom. The number of amides is 1. The molecule has 3 aliphatic heterocycles. The summed E-state index contributed by atoms with van der Waals surface area (Å²) in [4.78, 5) is 26.8. The number of hydrogen-bond donors (Lipinski definition) is 0. The number of anilines is 1. The predicted octanol–water partition coefficient (Wildman–Crippen LogP) is 2.34. The number of rotatable bonds is 9. The van der Waals surface area contributed by atoms with Gasteiger partial charge < -0.3 is 19.1 Å². The first-order chi connectivity index (χ1) is 15.8. The first kappa shape index (κ1) is 24.3. The minimum atomic E-state index is -3.80. The van der Waals surface area contributed by atoms with Crippen molar-refractivity contribution >= 4 is 27.4 Å². The van der Waals surface area contributed by atoms with Gasteiger partial charge >= 0.3 is 0 Å². The molecule has 1 amide bonds. The Labute approximate surface area is 195 Å². The first-order valence-corrected chi connectivity index (χ1v) is 13.0. The quantitative estimate of drug-likeness (QED) is 0.500. The molecular formula is C23H32N2O7S. The van der Waals surface area contributed by atoms with E-state index < -0.39 is 27.5 Å². The highest BCUT2D eigenvalue weighted by molar-refractivity contribution is 7.89. The minimum absolute atomic E-state index is 0.0236. The van der Waals surface area contributed by atoms with Crippen LogP contribution in [0.15, 0.2) is 23.1 Å². The van der Waals surface area contributed by atoms with Crippen molar-refractivity contribution in [3.63, 3.8) is 0 Å². The van der Waals surface area contributed by atoms with E-state index in [0.29, 0.717) is 38.4 Å². The molecule has 0 aliphatic carbocycles. The SMILES string of the molecule is CCC1(CC)OC[C@@H](CCN2C(=O)C(=O)c3cc(S(=O)(=O)N4CCC[C@H]4COC)ccc32)O1. The average Bonchev–Trinajstić information content (AvgIpc) is 3.51. The van der Waals surface area contributed by atoms with Gasteiger partial charge in [0.15, 0.2) is 5.79 Å². The van der Waals surface area contributed by atoms with E-state index in [1.54, 1.807) is 13.2 Å². The smallest absolute Gasteiger partial charge is 0.299 e. The summed E-state index contributed by atoms with van der Waals surface area (Å²) in [6.07, 6.45) is 3.32. The zero-order valence-corrected chi connectivity index (χ0v) is 20.2. The Morgan fingerprint density at radius 2 is 1.97 bits per heavy atom. The van der Waals surface area contributed by atoms with Crippen molar-refractivity contribution in [2.75, 3.05) is 38.3 Å². The van der Waals surface area contributed by atoms with Crippen molar-refractivity contribution < 1.29 is 32.2 Å². The van der Waals surface area contributed by atoms with Gasteiger partial charge in [0.05, 0.1) is 35.5 Å². The van der Waals surface area contributed by atoms with Gasteiger partial charge in [0.2, 0.25) is 10.0 Å². The Bertz CT molecular complexity index is 1020. The van der Waals surface area contributed by atoms with Gasteiger partial charge in [-0.25, -0.2) is 8.42 Å². The van der Waals surface area contributed by atoms with Crippen LogP contribution >= 0.6 is 0 Å². The van der Waals surface area contributed by atoms with Crippen molar-refractivity contribution in [3.8, 4) is 0 Å². The van der Waals surface area contributed by atoms with Crippen molar-refractivity contribution in [2.45, 2.75) is 68.8 Å². The molecule has 4 rings (SSSR count). The van der Waals surface area contributed by atoms with Crippen LogP contribution in [0.1, 0.15) is 56.3 Å². The summed E-state index contributed by atoms with van der Waals surface area (Å²) < 4.78 is 45.0. The lowest BCUT2D eigenvalue weighted by molar-refractivity contribution is -0.172. The van der Waals surface area contributed by atoms with Crippen LogP contribution in [0.3, 0.4) is 0 Å². The third-order valence-electron chi connectivity index (χ3n) is 6.90. The topological polar surface area (TPSA) is 102 Å². The summed E-state index contributed by atoms with van der Waals surface area (Å²) in [5, 5.41) is 0. The lowest BCUT2D eigenvalue weighted by Crippen LogP contribution is -2.38. The summed E-state index contributed by atoms with van der Waals surface area (Å²) in [7, 11) is -2.25. The van der Waals surface area contributed by atoms with Gasteiger partial charge in [0.1, 0.15) is 0 Å². The molecule has 182 valence electrons. The minimum Gasteiger partial charge on any atom is -0.383 e. The van der Waals surface area contributed by atoms with Crippen LogP contribution in [0, 0.1) is 0 Å². The van der Waals surface area contributed by atoms with E-state index in [2.05, 4.69) is 0 Å². The number of carbonyl (C=O) groups is 2. The zero-order chi connectivity index (χ0) is 23.8. The van der Waals surface area contributed by atoms with Crippen molar-refractivity contribution in [3.05, 3.63) is 23.8 Å². The van der Waals surface area contributed by atoms with Gasteiger partial charge in [-0.05, 0) is 50.3 Å². The summed E-state index contributed by atoms with van der Waals surface area (Å²) in [5.74, 6) is -1.90. The maximum Gasteiger partial charge on any atom is 0.299 e. The number of nitrogens with zero attached hydrogens (tertiary/aromatic N) is 2. The van der Waals surface area contributed by atoms with Gasteiger partial charge in [-0.1, -0.05) is 13.8 Å². The molecule has 2 atom stereocenters. The van der Waals surface area contributed by atoms with E-state index in [-0.39, 0.29) is 22.6 Å². The maximum absolute atomic E-state index is 13.2. The molecule has 0 saturated carbocycles. The summed E-state index contributed by atoms with van der Waals surface area (Å²) in [6.45, 7) is 5.49. The fourth-order valence-corrected chi connectivity index (χ4v) is 6.64. The molecular weight excluding hydrogens is 448 g/mol. The summed E-state index contributed by atoms with van der Waals surface area (Å²) >= 11 is 0. The second kappa shape index (κ2) is 9.42. The van der Waals surface area contributed by atoms with Gasteiger partial charge in [0, 0.05) is 26.2 Å². The second-order valence-corrected chi connectivity index (χ2v) is 10.7. The van der Waals surface area contributed by atoms with Crippen LogP contribution in [-0.4, -0.2) is 75.8 Å². The Balaban J connectivity index is 1.51. The number of methoxy groups -OCH3 is 1. The highest BCUT2D eigenvalue weighted by atomic mass is 32.2. The highest BCUT2D eigenvalue weighted by Crippen LogP contribution is 2.35. The molecule has 0 spiro atoms. The van der Waals surface area contributed by atoms with Gasteiger partial charge in [0.25, 0.3) is 11.7 Å². The largest absolute Gasteiger partial charge is 0.383 e. The van der Waals surface area contributed by atoms with Crippen LogP contribution in [0.2, 0.25) is 0 Å². The van der Waals surface area contributed by atoms with Crippen LogP contribution in [0.5, 0.6) is 0 Å². The molecule has 3 aliphatic rings. The highest BCUT2D eigenvalue weighted by Gasteiger charge is 2.42. The molecule has 1 aromatic carbocycles. The Kier molecular flexibility index (Phi) is 6.93. The molecule has 0 unspecified atom stereocenters. The number of fused-ring (bicyclic) bond motifs is 1. The Morgan fingerprint density at radius 3 is 2.64 bits per heavy atom. The van der Waals surface area contributed by atoms with Crippen molar-refractivity contribution in [1.82, 2.24) is 4.31 Å². The summed E-state index contributed by atoms with van der Waals surface area (Å²) in [6, 6.07) is 4.14. The fraction of sp³-hybridized carbons (Fsp3) is 0.652. The molecule has 2 saturated heterocycles. The van der Waals surface area contributed by atoms with Crippen molar-refractivity contribution in [1.29, 1.82) is 0 Å².